The summed E-state index contributed by atoms with van der Waals surface area (Å²) in [6.07, 6.45) is 1.24. The molecule has 2 rings (SSSR count). The Morgan fingerprint density at radius 1 is 1.20 bits per heavy atom. The smallest absolute Gasteiger partial charge is 0.328 e. The Hall–Kier alpha value is -2.04. The van der Waals surface area contributed by atoms with Crippen LogP contribution in [0, 0.1) is 5.41 Å². The van der Waals surface area contributed by atoms with Crippen LogP contribution in [0.15, 0.2) is 23.0 Å². The van der Waals surface area contributed by atoms with Crippen LogP contribution in [-0.2, 0) is 25.3 Å². The number of imidazole rings is 1. The average molecular weight is 276 g/mol. The molecular weight excluding hydrogens is 256 g/mol. The number of benzene rings is 1. The molecule has 0 saturated carbocycles. The van der Waals surface area contributed by atoms with Crippen LogP contribution in [0.1, 0.15) is 25.8 Å². The van der Waals surface area contributed by atoms with Gasteiger partial charge in [-0.2, -0.15) is 0 Å². The molecule has 108 valence electrons. The molecule has 0 bridgehead atoms. The van der Waals surface area contributed by atoms with Gasteiger partial charge in [0.15, 0.2) is 0 Å². The Morgan fingerprint density at radius 3 is 2.40 bits per heavy atom. The third-order valence-corrected chi connectivity index (χ3v) is 3.95. The van der Waals surface area contributed by atoms with Gasteiger partial charge in [-0.25, -0.2) is 4.79 Å². The van der Waals surface area contributed by atoms with Gasteiger partial charge in [-0.15, -0.1) is 0 Å². The number of carboxylic acid groups (broad SMARTS) is 1. The van der Waals surface area contributed by atoms with E-state index in [4.69, 9.17) is 5.11 Å². The molecule has 1 N–H and O–H groups in total. The fourth-order valence-corrected chi connectivity index (χ4v) is 2.27. The minimum Gasteiger partial charge on any atom is -0.481 e. The third-order valence-electron chi connectivity index (χ3n) is 3.95. The Bertz CT molecular complexity index is 723. The van der Waals surface area contributed by atoms with Gasteiger partial charge in [0.2, 0.25) is 0 Å². The molecule has 1 aromatic carbocycles. The van der Waals surface area contributed by atoms with E-state index in [1.54, 1.807) is 37.1 Å². The number of aryl methyl sites for hydroxylation is 3. The number of aromatic nitrogens is 2. The van der Waals surface area contributed by atoms with Crippen LogP contribution < -0.4 is 5.69 Å². The fourth-order valence-electron chi connectivity index (χ4n) is 2.27. The third kappa shape index (κ3) is 2.35. The van der Waals surface area contributed by atoms with Gasteiger partial charge in [-0.05, 0) is 44.4 Å². The molecule has 0 aliphatic heterocycles. The maximum Gasteiger partial charge on any atom is 0.328 e. The number of nitrogens with zero attached hydrogens (tertiary/aromatic N) is 2. The molecule has 1 heterocycles. The highest BCUT2D eigenvalue weighted by molar-refractivity contribution is 5.77. The van der Waals surface area contributed by atoms with Gasteiger partial charge in [0, 0.05) is 14.1 Å². The summed E-state index contributed by atoms with van der Waals surface area (Å²) in [7, 11) is 3.49. The summed E-state index contributed by atoms with van der Waals surface area (Å²) < 4.78 is 3.22. The van der Waals surface area contributed by atoms with E-state index < -0.39 is 11.4 Å². The molecule has 5 nitrogen and oxygen atoms in total. The summed E-state index contributed by atoms with van der Waals surface area (Å²) in [5, 5.41) is 9.13. The van der Waals surface area contributed by atoms with E-state index in [0.29, 0.717) is 12.8 Å². The maximum atomic E-state index is 11.9. The summed E-state index contributed by atoms with van der Waals surface area (Å²) in [4.78, 5) is 23.0. The zero-order valence-corrected chi connectivity index (χ0v) is 12.3. The fraction of sp³-hybridized carbons (Fsp3) is 0.467. The van der Waals surface area contributed by atoms with Crippen molar-refractivity contribution in [2.45, 2.75) is 26.7 Å². The van der Waals surface area contributed by atoms with Crippen LogP contribution in [0.3, 0.4) is 0 Å². The number of carbonyl (C=O) groups is 1. The van der Waals surface area contributed by atoms with Gasteiger partial charge in [0.1, 0.15) is 0 Å². The average Bonchev–Trinajstić information content (AvgIpc) is 2.61. The van der Waals surface area contributed by atoms with E-state index in [1.807, 2.05) is 18.2 Å². The van der Waals surface area contributed by atoms with Crippen molar-refractivity contribution >= 4 is 17.0 Å². The highest BCUT2D eigenvalue weighted by Gasteiger charge is 2.26. The van der Waals surface area contributed by atoms with E-state index in [-0.39, 0.29) is 5.69 Å². The Morgan fingerprint density at radius 2 is 1.80 bits per heavy atom. The lowest BCUT2D eigenvalue weighted by atomic mass is 9.86. The molecule has 0 saturated heterocycles. The number of hydrogen-bond acceptors (Lipinski definition) is 2. The second kappa shape index (κ2) is 4.81. The minimum atomic E-state index is -0.786. The van der Waals surface area contributed by atoms with Crippen LogP contribution >= 0.6 is 0 Å². The topological polar surface area (TPSA) is 64.2 Å². The molecule has 0 aliphatic carbocycles. The van der Waals surface area contributed by atoms with Crippen molar-refractivity contribution in [2.24, 2.45) is 19.5 Å². The van der Waals surface area contributed by atoms with E-state index in [0.717, 1.165) is 16.6 Å². The monoisotopic (exact) mass is 276 g/mol. The lowest BCUT2D eigenvalue weighted by Crippen LogP contribution is -2.24. The highest BCUT2D eigenvalue weighted by Crippen LogP contribution is 2.24. The molecule has 5 heteroatoms. The van der Waals surface area contributed by atoms with Gasteiger partial charge in [0.25, 0.3) is 0 Å². The van der Waals surface area contributed by atoms with Crippen molar-refractivity contribution < 1.29 is 9.90 Å². The SMILES string of the molecule is Cn1c(=O)n(C)c2cc(CCC(C)(C)C(=O)O)ccc21. The van der Waals surface area contributed by atoms with Crippen LogP contribution in [0.2, 0.25) is 0 Å². The molecule has 0 spiro atoms. The zero-order chi connectivity index (χ0) is 15.1. The quantitative estimate of drug-likeness (QED) is 0.928. The van der Waals surface area contributed by atoms with Crippen molar-refractivity contribution in [1.29, 1.82) is 0 Å². The lowest BCUT2D eigenvalue weighted by Gasteiger charge is -2.18. The predicted octanol–water partition coefficient (Wildman–Crippen LogP) is 1.92. The molecule has 0 amide bonds. The minimum absolute atomic E-state index is 0.0528. The molecule has 0 atom stereocenters. The standard InChI is InChI=1S/C15H20N2O3/c1-15(2,13(18)19)8-7-10-5-6-11-12(9-10)17(4)14(20)16(11)3/h5-6,9H,7-8H2,1-4H3,(H,18,19). The Balaban J connectivity index is 2.32. The first-order chi connectivity index (χ1) is 9.24. The number of aliphatic carboxylic acids is 1. The predicted molar refractivity (Wildman–Crippen MR) is 77.9 cm³/mol. The van der Waals surface area contributed by atoms with Crippen LogP contribution in [0.4, 0.5) is 0 Å². The molecule has 0 radical (unpaired) electrons. The lowest BCUT2D eigenvalue weighted by molar-refractivity contribution is -0.147. The number of carboxylic acids is 1. The van der Waals surface area contributed by atoms with Gasteiger partial charge >= 0.3 is 11.7 Å². The zero-order valence-electron chi connectivity index (χ0n) is 12.3. The summed E-state index contributed by atoms with van der Waals surface area (Å²) in [5.41, 5.74) is 2.02. The Kier molecular flexibility index (Phi) is 3.46. The first-order valence-corrected chi connectivity index (χ1v) is 6.62. The van der Waals surface area contributed by atoms with Gasteiger partial charge in [-0.3, -0.25) is 13.9 Å². The van der Waals surface area contributed by atoms with Crippen molar-refractivity contribution in [3.05, 3.63) is 34.2 Å². The van der Waals surface area contributed by atoms with Crippen molar-refractivity contribution in [1.82, 2.24) is 9.13 Å². The van der Waals surface area contributed by atoms with E-state index in [1.165, 1.54) is 0 Å². The molecule has 2 aromatic rings. The molecule has 0 aliphatic rings. The summed E-state index contributed by atoms with van der Waals surface area (Å²) in [5.74, 6) is -0.786. The number of hydrogen-bond donors (Lipinski definition) is 1. The molecule has 0 unspecified atom stereocenters. The molecule has 20 heavy (non-hydrogen) atoms. The first-order valence-electron chi connectivity index (χ1n) is 6.62. The van der Waals surface area contributed by atoms with Crippen LogP contribution in [0.5, 0.6) is 0 Å². The second-order valence-corrected chi connectivity index (χ2v) is 5.91. The maximum absolute atomic E-state index is 11.9. The van der Waals surface area contributed by atoms with E-state index >= 15 is 0 Å². The number of fused-ring (bicyclic) bond motifs is 1. The normalized spacial score (nSPS) is 12.0. The largest absolute Gasteiger partial charge is 0.481 e. The van der Waals surface area contributed by atoms with E-state index in [2.05, 4.69) is 0 Å². The van der Waals surface area contributed by atoms with Crippen LogP contribution in [0.25, 0.3) is 11.0 Å². The summed E-state index contributed by atoms with van der Waals surface area (Å²) in [6.45, 7) is 3.46. The molecular formula is C15H20N2O3. The van der Waals surface area contributed by atoms with Crippen molar-refractivity contribution in [3.8, 4) is 0 Å². The first kappa shape index (κ1) is 14.4. The molecule has 0 fully saturated rings. The van der Waals surface area contributed by atoms with Gasteiger partial charge in [-0.1, -0.05) is 6.07 Å². The number of rotatable bonds is 4. The van der Waals surface area contributed by atoms with Crippen molar-refractivity contribution in [3.63, 3.8) is 0 Å². The summed E-state index contributed by atoms with van der Waals surface area (Å²) >= 11 is 0. The van der Waals surface area contributed by atoms with Crippen LogP contribution in [-0.4, -0.2) is 20.2 Å². The molecule has 1 aromatic heterocycles. The van der Waals surface area contributed by atoms with Gasteiger partial charge < -0.3 is 5.11 Å². The Labute approximate surface area is 117 Å². The van der Waals surface area contributed by atoms with Gasteiger partial charge in [0.05, 0.1) is 16.4 Å². The highest BCUT2D eigenvalue weighted by atomic mass is 16.4. The van der Waals surface area contributed by atoms with Crippen molar-refractivity contribution in [2.75, 3.05) is 0 Å². The second-order valence-electron chi connectivity index (χ2n) is 5.91. The summed E-state index contributed by atoms with van der Waals surface area (Å²) in [6, 6.07) is 5.84. The van der Waals surface area contributed by atoms with E-state index in [9.17, 15) is 9.59 Å².